The van der Waals surface area contributed by atoms with Gasteiger partial charge >= 0.3 is 0 Å². The summed E-state index contributed by atoms with van der Waals surface area (Å²) in [7, 11) is 1.57. The standard InChI is InChI=1S/C16H13N3O2/c1-21-16-9-5-2-6-12(16)10-11-15(20)13-7-3-4-8-14(13)18-19-17/h2-11H,1H3/b11-10+. The van der Waals surface area contributed by atoms with Crippen LogP contribution in [0.25, 0.3) is 16.5 Å². The fourth-order valence-electron chi connectivity index (χ4n) is 1.88. The van der Waals surface area contributed by atoms with Crippen molar-refractivity contribution in [1.29, 1.82) is 0 Å². The van der Waals surface area contributed by atoms with Crippen LogP contribution in [0.5, 0.6) is 5.75 Å². The van der Waals surface area contributed by atoms with Gasteiger partial charge in [0.1, 0.15) is 5.75 Å². The quantitative estimate of drug-likeness (QED) is 0.265. The van der Waals surface area contributed by atoms with Crippen LogP contribution in [0.4, 0.5) is 5.69 Å². The summed E-state index contributed by atoms with van der Waals surface area (Å²) in [5.41, 5.74) is 9.99. The minimum Gasteiger partial charge on any atom is -0.496 e. The first kappa shape index (κ1) is 14.4. The maximum absolute atomic E-state index is 12.2. The fourth-order valence-corrected chi connectivity index (χ4v) is 1.88. The molecule has 0 bridgehead atoms. The third-order valence-corrected chi connectivity index (χ3v) is 2.88. The Kier molecular flexibility index (Phi) is 4.75. The van der Waals surface area contributed by atoms with E-state index in [2.05, 4.69) is 10.0 Å². The molecule has 0 saturated heterocycles. The normalized spacial score (nSPS) is 10.1. The third kappa shape index (κ3) is 3.49. The molecule has 5 nitrogen and oxygen atoms in total. The van der Waals surface area contributed by atoms with Crippen LogP contribution in [0.15, 0.2) is 59.7 Å². The van der Waals surface area contributed by atoms with E-state index in [9.17, 15) is 4.79 Å². The van der Waals surface area contributed by atoms with Gasteiger partial charge in [-0.2, -0.15) is 0 Å². The maximum atomic E-state index is 12.2. The van der Waals surface area contributed by atoms with E-state index < -0.39 is 0 Å². The molecule has 0 radical (unpaired) electrons. The van der Waals surface area contributed by atoms with Crippen molar-refractivity contribution in [3.63, 3.8) is 0 Å². The van der Waals surface area contributed by atoms with Gasteiger partial charge in [0, 0.05) is 21.7 Å². The maximum Gasteiger partial charge on any atom is 0.186 e. The summed E-state index contributed by atoms with van der Waals surface area (Å²) in [5, 5.41) is 3.52. The lowest BCUT2D eigenvalue weighted by Crippen LogP contribution is -1.94. The van der Waals surface area contributed by atoms with Crippen LogP contribution >= 0.6 is 0 Å². The summed E-state index contributed by atoms with van der Waals surface area (Å²) in [6, 6.07) is 14.0. The van der Waals surface area contributed by atoms with Crippen LogP contribution in [-0.2, 0) is 0 Å². The molecule has 0 aliphatic rings. The number of methoxy groups -OCH3 is 1. The second-order valence-corrected chi connectivity index (χ2v) is 4.15. The Hall–Kier alpha value is -3.04. The zero-order chi connectivity index (χ0) is 15.1. The summed E-state index contributed by atoms with van der Waals surface area (Å²) in [4.78, 5) is 14.9. The van der Waals surface area contributed by atoms with Crippen LogP contribution in [0.1, 0.15) is 15.9 Å². The average Bonchev–Trinajstić information content (AvgIpc) is 2.53. The van der Waals surface area contributed by atoms with Gasteiger partial charge in [0.15, 0.2) is 5.78 Å². The highest BCUT2D eigenvalue weighted by Crippen LogP contribution is 2.22. The van der Waals surface area contributed by atoms with E-state index in [1.54, 1.807) is 37.5 Å². The number of para-hydroxylation sites is 1. The van der Waals surface area contributed by atoms with E-state index in [-0.39, 0.29) is 5.78 Å². The zero-order valence-electron chi connectivity index (χ0n) is 11.4. The highest BCUT2D eigenvalue weighted by Gasteiger charge is 2.07. The lowest BCUT2D eigenvalue weighted by Gasteiger charge is -2.03. The Bertz CT molecular complexity index is 732. The lowest BCUT2D eigenvalue weighted by atomic mass is 10.1. The van der Waals surface area contributed by atoms with Gasteiger partial charge in [0.05, 0.1) is 7.11 Å². The van der Waals surface area contributed by atoms with Gasteiger partial charge in [-0.1, -0.05) is 47.6 Å². The number of benzene rings is 2. The van der Waals surface area contributed by atoms with Crippen molar-refractivity contribution < 1.29 is 9.53 Å². The van der Waals surface area contributed by atoms with Crippen molar-refractivity contribution in [1.82, 2.24) is 0 Å². The van der Waals surface area contributed by atoms with Crippen LogP contribution < -0.4 is 4.74 Å². The number of carbonyl (C=O) groups excluding carboxylic acids is 1. The third-order valence-electron chi connectivity index (χ3n) is 2.88. The molecule has 2 aromatic rings. The lowest BCUT2D eigenvalue weighted by molar-refractivity contribution is 0.104. The molecule has 5 heteroatoms. The molecule has 2 rings (SSSR count). The number of rotatable bonds is 5. The van der Waals surface area contributed by atoms with E-state index in [0.29, 0.717) is 17.0 Å². The van der Waals surface area contributed by atoms with Crippen LogP contribution in [0, 0.1) is 0 Å². The SMILES string of the molecule is COc1ccccc1/C=C/C(=O)c1ccccc1N=[N+]=[N-]. The number of hydrogen-bond acceptors (Lipinski definition) is 3. The zero-order valence-corrected chi connectivity index (χ0v) is 11.4. The number of ketones is 1. The predicted octanol–water partition coefficient (Wildman–Crippen LogP) is 4.53. The summed E-state index contributed by atoms with van der Waals surface area (Å²) >= 11 is 0. The molecule has 0 amide bonds. The molecule has 0 N–H and O–H groups in total. The van der Waals surface area contributed by atoms with Crippen molar-refractivity contribution in [3.05, 3.63) is 76.2 Å². The van der Waals surface area contributed by atoms with Gasteiger partial charge in [-0.05, 0) is 23.7 Å². The Morgan fingerprint density at radius 1 is 1.19 bits per heavy atom. The van der Waals surface area contributed by atoms with Gasteiger partial charge in [-0.15, -0.1) is 0 Å². The molecule has 0 atom stereocenters. The van der Waals surface area contributed by atoms with Crippen molar-refractivity contribution in [2.45, 2.75) is 0 Å². The fraction of sp³-hybridized carbons (Fsp3) is 0.0625. The first-order valence-electron chi connectivity index (χ1n) is 6.26. The van der Waals surface area contributed by atoms with E-state index in [4.69, 9.17) is 10.3 Å². The second kappa shape index (κ2) is 6.93. The molecule has 0 unspecified atom stereocenters. The monoisotopic (exact) mass is 279 g/mol. The number of ether oxygens (including phenoxy) is 1. The number of carbonyl (C=O) groups is 1. The van der Waals surface area contributed by atoms with Crippen molar-refractivity contribution >= 4 is 17.5 Å². The number of nitrogens with zero attached hydrogens (tertiary/aromatic N) is 3. The van der Waals surface area contributed by atoms with Gasteiger partial charge in [-0.25, -0.2) is 0 Å². The van der Waals surface area contributed by atoms with E-state index in [0.717, 1.165) is 5.56 Å². The Balaban J connectivity index is 2.30. The molecule has 2 aromatic carbocycles. The molecular formula is C16H13N3O2. The Morgan fingerprint density at radius 2 is 1.90 bits per heavy atom. The van der Waals surface area contributed by atoms with E-state index >= 15 is 0 Å². The topological polar surface area (TPSA) is 75.1 Å². The molecule has 0 aliphatic heterocycles. The highest BCUT2D eigenvalue weighted by molar-refractivity contribution is 6.10. The Morgan fingerprint density at radius 3 is 2.67 bits per heavy atom. The van der Waals surface area contributed by atoms with Gasteiger partial charge < -0.3 is 4.74 Å². The summed E-state index contributed by atoms with van der Waals surface area (Å²) in [6.45, 7) is 0. The second-order valence-electron chi connectivity index (χ2n) is 4.15. The van der Waals surface area contributed by atoms with Crippen molar-refractivity contribution in [2.75, 3.05) is 7.11 Å². The summed E-state index contributed by atoms with van der Waals surface area (Å²) in [6.07, 6.45) is 3.11. The molecule has 0 aliphatic carbocycles. The molecule has 0 aromatic heterocycles. The molecule has 104 valence electrons. The average molecular weight is 279 g/mol. The number of azide groups is 1. The Labute approximate surface area is 122 Å². The predicted molar refractivity (Wildman–Crippen MR) is 81.6 cm³/mol. The van der Waals surface area contributed by atoms with Gasteiger partial charge in [0.2, 0.25) is 0 Å². The molecule has 21 heavy (non-hydrogen) atoms. The van der Waals surface area contributed by atoms with Crippen LogP contribution in [0.3, 0.4) is 0 Å². The van der Waals surface area contributed by atoms with E-state index in [1.165, 1.54) is 6.08 Å². The minimum atomic E-state index is -0.232. The number of allylic oxidation sites excluding steroid dienone is 1. The minimum absolute atomic E-state index is 0.232. The molecule has 0 fully saturated rings. The van der Waals surface area contributed by atoms with E-state index in [1.807, 2.05) is 24.3 Å². The molecule has 0 spiro atoms. The van der Waals surface area contributed by atoms with Crippen LogP contribution in [0.2, 0.25) is 0 Å². The molecule has 0 heterocycles. The largest absolute Gasteiger partial charge is 0.496 e. The molecule has 0 saturated carbocycles. The smallest absolute Gasteiger partial charge is 0.186 e. The first-order valence-corrected chi connectivity index (χ1v) is 6.26. The molecular weight excluding hydrogens is 266 g/mol. The number of hydrogen-bond donors (Lipinski definition) is 0. The van der Waals surface area contributed by atoms with Crippen molar-refractivity contribution in [3.8, 4) is 5.75 Å². The van der Waals surface area contributed by atoms with Gasteiger partial charge in [-0.3, -0.25) is 4.79 Å². The summed E-state index contributed by atoms with van der Waals surface area (Å²) < 4.78 is 5.22. The highest BCUT2D eigenvalue weighted by atomic mass is 16.5. The first-order chi connectivity index (χ1) is 10.3. The van der Waals surface area contributed by atoms with Crippen molar-refractivity contribution in [2.24, 2.45) is 5.11 Å². The van der Waals surface area contributed by atoms with Crippen LogP contribution in [-0.4, -0.2) is 12.9 Å². The van der Waals surface area contributed by atoms with Gasteiger partial charge in [0.25, 0.3) is 0 Å². The summed E-state index contributed by atoms with van der Waals surface area (Å²) in [5.74, 6) is 0.453.